The predicted octanol–water partition coefficient (Wildman–Crippen LogP) is 2.40. The molecule has 0 aliphatic carbocycles. The number of aliphatic hydroxyl groups is 1. The summed E-state index contributed by atoms with van der Waals surface area (Å²) in [6, 6.07) is 0. The van der Waals surface area contributed by atoms with E-state index in [-0.39, 0.29) is 11.5 Å². The zero-order valence-corrected chi connectivity index (χ0v) is 12.8. The van der Waals surface area contributed by atoms with Gasteiger partial charge in [0.05, 0.1) is 19.4 Å². The molecule has 110 valence electrons. The molecule has 1 heterocycles. The van der Waals surface area contributed by atoms with Gasteiger partial charge >= 0.3 is 0 Å². The lowest BCUT2D eigenvalue weighted by molar-refractivity contribution is -0.0761. The maximum atomic E-state index is 10.7. The van der Waals surface area contributed by atoms with Crippen LogP contribution in [0.2, 0.25) is 0 Å². The Bertz CT molecular complexity index is 396. The van der Waals surface area contributed by atoms with Crippen molar-refractivity contribution in [2.75, 3.05) is 14.2 Å². The maximum Gasteiger partial charge on any atom is 0.162 e. The Labute approximate surface area is 115 Å². The molecule has 1 N–H and O–H groups in total. The fourth-order valence-corrected chi connectivity index (χ4v) is 2.32. The van der Waals surface area contributed by atoms with E-state index in [9.17, 15) is 5.11 Å². The topological polar surface area (TPSA) is 56.5 Å². The first-order valence-electron chi connectivity index (χ1n) is 6.67. The first kappa shape index (κ1) is 16.0. The minimum absolute atomic E-state index is 0.180. The maximum absolute atomic E-state index is 10.7. The molecule has 0 amide bonds. The van der Waals surface area contributed by atoms with E-state index in [2.05, 4.69) is 12.0 Å². The predicted molar refractivity (Wildman–Crippen MR) is 74.3 cm³/mol. The molecule has 0 radical (unpaired) electrons. The van der Waals surface area contributed by atoms with Crippen molar-refractivity contribution in [3.05, 3.63) is 11.9 Å². The van der Waals surface area contributed by atoms with E-state index in [0.717, 1.165) is 13.0 Å². The fraction of sp³-hybridized carbons (Fsp3) is 0.786. The summed E-state index contributed by atoms with van der Waals surface area (Å²) in [6.07, 6.45) is 1.49. The van der Waals surface area contributed by atoms with Crippen LogP contribution < -0.4 is 4.74 Å². The molecule has 5 heteroatoms. The molecule has 0 saturated carbocycles. The first-order valence-corrected chi connectivity index (χ1v) is 6.67. The van der Waals surface area contributed by atoms with Crippen molar-refractivity contribution >= 4 is 0 Å². The molecule has 0 aromatic carbocycles. The lowest BCUT2D eigenvalue weighted by atomic mass is 9.84. The van der Waals surface area contributed by atoms with Gasteiger partial charge in [0.2, 0.25) is 0 Å². The third-order valence-corrected chi connectivity index (χ3v) is 3.17. The number of hydrogen-bond acceptors (Lipinski definition) is 4. The second-order valence-electron chi connectivity index (χ2n) is 5.79. The molecule has 5 nitrogen and oxygen atoms in total. The van der Waals surface area contributed by atoms with Crippen LogP contribution in [-0.4, -0.2) is 35.2 Å². The molecule has 0 aliphatic rings. The highest BCUT2D eigenvalue weighted by atomic mass is 16.5. The van der Waals surface area contributed by atoms with E-state index in [1.807, 2.05) is 20.8 Å². The lowest BCUT2D eigenvalue weighted by Crippen LogP contribution is -2.35. The third kappa shape index (κ3) is 3.48. The van der Waals surface area contributed by atoms with Crippen LogP contribution in [-0.2, 0) is 11.3 Å². The van der Waals surface area contributed by atoms with E-state index in [4.69, 9.17) is 9.47 Å². The number of nitrogens with zero attached hydrogens (tertiary/aromatic N) is 2. The van der Waals surface area contributed by atoms with Crippen LogP contribution in [0.25, 0.3) is 0 Å². The first-order chi connectivity index (χ1) is 8.86. The SMILES string of the molecule is CCCn1ncc(OC)c1C(O)C(OC)C(C)(C)C. The van der Waals surface area contributed by atoms with Gasteiger partial charge in [0.15, 0.2) is 5.75 Å². The van der Waals surface area contributed by atoms with Gasteiger partial charge < -0.3 is 14.6 Å². The van der Waals surface area contributed by atoms with Crippen LogP contribution in [0.15, 0.2) is 6.20 Å². The second kappa shape index (κ2) is 6.39. The Morgan fingerprint density at radius 1 is 1.37 bits per heavy atom. The zero-order valence-electron chi connectivity index (χ0n) is 12.8. The van der Waals surface area contributed by atoms with Crippen molar-refractivity contribution < 1.29 is 14.6 Å². The van der Waals surface area contributed by atoms with Gasteiger partial charge in [-0.3, -0.25) is 4.68 Å². The summed E-state index contributed by atoms with van der Waals surface area (Å²) in [5, 5.41) is 14.9. The standard InChI is InChI=1S/C14H26N2O3/c1-7-8-16-11(10(18-5)9-15-16)12(17)13(19-6)14(2,3)4/h9,12-13,17H,7-8H2,1-6H3. The summed E-state index contributed by atoms with van der Waals surface area (Å²) >= 11 is 0. The molecule has 19 heavy (non-hydrogen) atoms. The van der Waals surface area contributed by atoms with E-state index < -0.39 is 6.10 Å². The molecule has 2 atom stereocenters. The van der Waals surface area contributed by atoms with Crippen molar-refractivity contribution in [1.29, 1.82) is 0 Å². The van der Waals surface area contributed by atoms with Crippen molar-refractivity contribution in [3.8, 4) is 5.75 Å². The number of ether oxygens (including phenoxy) is 2. The van der Waals surface area contributed by atoms with Gasteiger partial charge in [0.25, 0.3) is 0 Å². The van der Waals surface area contributed by atoms with Gasteiger partial charge in [-0.15, -0.1) is 0 Å². The molecule has 1 aromatic rings. The Morgan fingerprint density at radius 2 is 2.00 bits per heavy atom. The molecule has 0 bridgehead atoms. The van der Waals surface area contributed by atoms with Crippen molar-refractivity contribution in [2.24, 2.45) is 5.41 Å². The summed E-state index contributed by atoms with van der Waals surface area (Å²) in [6.45, 7) is 8.93. The van der Waals surface area contributed by atoms with Crippen LogP contribution in [0, 0.1) is 5.41 Å². The normalized spacial score (nSPS) is 15.3. The number of aliphatic hydroxyl groups excluding tert-OH is 1. The van der Waals surface area contributed by atoms with Gasteiger partial charge in [0.1, 0.15) is 11.8 Å². The molecule has 0 aliphatic heterocycles. The molecule has 1 aromatic heterocycles. The molecular formula is C14H26N2O3. The lowest BCUT2D eigenvalue weighted by Gasteiger charge is -2.33. The van der Waals surface area contributed by atoms with Crippen LogP contribution >= 0.6 is 0 Å². The monoisotopic (exact) mass is 270 g/mol. The molecule has 0 saturated heterocycles. The van der Waals surface area contributed by atoms with Crippen molar-refractivity contribution in [1.82, 2.24) is 9.78 Å². The van der Waals surface area contributed by atoms with Crippen molar-refractivity contribution in [2.45, 2.75) is 52.9 Å². The summed E-state index contributed by atoms with van der Waals surface area (Å²) in [5.74, 6) is 0.604. The number of rotatable bonds is 6. The highest BCUT2D eigenvalue weighted by Crippen LogP contribution is 2.36. The molecule has 0 spiro atoms. The van der Waals surface area contributed by atoms with Gasteiger partial charge in [-0.1, -0.05) is 27.7 Å². The van der Waals surface area contributed by atoms with Crippen LogP contribution in [0.3, 0.4) is 0 Å². The third-order valence-electron chi connectivity index (χ3n) is 3.17. The summed E-state index contributed by atoms with van der Waals surface area (Å²) < 4.78 is 12.6. The van der Waals surface area contributed by atoms with Crippen molar-refractivity contribution in [3.63, 3.8) is 0 Å². The second-order valence-corrected chi connectivity index (χ2v) is 5.79. The Hall–Kier alpha value is -1.07. The average molecular weight is 270 g/mol. The number of aromatic nitrogens is 2. The average Bonchev–Trinajstić information content (AvgIpc) is 2.71. The Kier molecular flexibility index (Phi) is 5.38. The smallest absolute Gasteiger partial charge is 0.162 e. The van der Waals surface area contributed by atoms with Crippen LogP contribution in [0.4, 0.5) is 0 Å². The van der Waals surface area contributed by atoms with E-state index in [1.54, 1.807) is 25.1 Å². The van der Waals surface area contributed by atoms with Gasteiger partial charge in [-0.05, 0) is 11.8 Å². The van der Waals surface area contributed by atoms with Gasteiger partial charge in [0, 0.05) is 13.7 Å². The molecule has 2 unspecified atom stereocenters. The fourth-order valence-electron chi connectivity index (χ4n) is 2.32. The Balaban J connectivity index is 3.15. The summed E-state index contributed by atoms with van der Waals surface area (Å²) in [5.41, 5.74) is 0.506. The van der Waals surface area contributed by atoms with Crippen LogP contribution in [0.1, 0.15) is 45.9 Å². The number of hydrogen-bond donors (Lipinski definition) is 1. The van der Waals surface area contributed by atoms with Crippen LogP contribution in [0.5, 0.6) is 5.75 Å². The van der Waals surface area contributed by atoms with Gasteiger partial charge in [-0.25, -0.2) is 0 Å². The highest BCUT2D eigenvalue weighted by molar-refractivity contribution is 5.28. The zero-order chi connectivity index (χ0) is 14.6. The quantitative estimate of drug-likeness (QED) is 0.862. The number of methoxy groups -OCH3 is 2. The number of aryl methyl sites for hydroxylation is 1. The Morgan fingerprint density at radius 3 is 2.42 bits per heavy atom. The van der Waals surface area contributed by atoms with E-state index in [0.29, 0.717) is 11.4 Å². The molecular weight excluding hydrogens is 244 g/mol. The largest absolute Gasteiger partial charge is 0.493 e. The van der Waals surface area contributed by atoms with E-state index >= 15 is 0 Å². The van der Waals surface area contributed by atoms with Gasteiger partial charge in [-0.2, -0.15) is 5.10 Å². The summed E-state index contributed by atoms with van der Waals surface area (Å²) in [4.78, 5) is 0. The van der Waals surface area contributed by atoms with E-state index in [1.165, 1.54) is 0 Å². The minimum Gasteiger partial charge on any atom is -0.493 e. The minimum atomic E-state index is -0.769. The highest BCUT2D eigenvalue weighted by Gasteiger charge is 2.35. The molecule has 1 rings (SSSR count). The summed E-state index contributed by atoms with van der Waals surface area (Å²) in [7, 11) is 3.20. The molecule has 0 fully saturated rings.